The minimum atomic E-state index is -1.89. The van der Waals surface area contributed by atoms with Crippen molar-refractivity contribution in [2.45, 2.75) is 230 Å². The zero-order valence-corrected chi connectivity index (χ0v) is 77.1. The molecular formula is C95H125FN16O19S. The number of carboxylic acids is 1. The number of hydrogen-bond acceptors (Lipinski definition) is 19. The van der Waals surface area contributed by atoms with Crippen molar-refractivity contribution in [3.05, 3.63) is 167 Å². The van der Waals surface area contributed by atoms with E-state index in [1.165, 1.54) is 96.5 Å². The number of piperidine rings is 1. The number of unbranched alkanes of at least 4 members (excludes halogenated alkanes) is 1. The number of hydrogen-bond donors (Lipinski definition) is 14. The minimum absolute atomic E-state index is 0.0132. The number of rotatable bonds is 23. The molecule has 4 heterocycles. The summed E-state index contributed by atoms with van der Waals surface area (Å²) in [6.45, 7) is 11.2. The summed E-state index contributed by atoms with van der Waals surface area (Å²) in [5.41, 5.74) is 8.43. The summed E-state index contributed by atoms with van der Waals surface area (Å²) < 4.78 is 14.6. The predicted molar refractivity (Wildman–Crippen MR) is 490 cm³/mol. The number of primary amides is 1. The van der Waals surface area contributed by atoms with Crippen LogP contribution in [0.5, 0.6) is 11.5 Å². The first-order valence-electron chi connectivity index (χ1n) is 44.9. The molecule has 6 aromatic rings. The number of amides is 15. The number of likely N-dealkylation sites (N-methyl/N-ethyl adjacent to an activating group) is 3. The lowest BCUT2D eigenvalue weighted by atomic mass is 9.93. The van der Waals surface area contributed by atoms with Gasteiger partial charge in [0.15, 0.2) is 0 Å². The summed E-state index contributed by atoms with van der Waals surface area (Å²) in [4.78, 5) is 248. The molecule has 1 aromatic heterocycles. The maximum absolute atomic E-state index is 15.8. The number of aliphatic carboxylic acids is 1. The van der Waals surface area contributed by atoms with E-state index < -0.39 is 215 Å². The van der Waals surface area contributed by atoms with Gasteiger partial charge in [-0.3, -0.25) is 76.7 Å². The van der Waals surface area contributed by atoms with Gasteiger partial charge in [0.1, 0.15) is 95.9 Å². The Balaban J connectivity index is 1.13. The molecule has 3 saturated heterocycles. The van der Waals surface area contributed by atoms with Gasteiger partial charge >= 0.3 is 5.97 Å². The Morgan fingerprint density at radius 1 is 0.515 bits per heavy atom. The van der Waals surface area contributed by atoms with E-state index in [0.29, 0.717) is 64.4 Å². The molecule has 35 nitrogen and oxygen atoms in total. The molecule has 5 aromatic carbocycles. The number of carboxylic acid groups (broad SMARTS) is 1. The van der Waals surface area contributed by atoms with Gasteiger partial charge in [-0.05, 0) is 133 Å². The predicted octanol–water partition coefficient (Wildman–Crippen LogP) is 3.72. The van der Waals surface area contributed by atoms with E-state index in [9.17, 15) is 48.5 Å². The lowest BCUT2D eigenvalue weighted by molar-refractivity contribution is -0.152. The van der Waals surface area contributed by atoms with Gasteiger partial charge in [-0.25, -0.2) is 4.39 Å². The highest BCUT2D eigenvalue weighted by Crippen LogP contribution is 2.29. The number of phenolic OH excluding ortho intramolecular Hbond substituents is 2. The number of fused-ring (bicyclic) bond motifs is 3. The molecule has 0 aliphatic carbocycles. The largest absolute Gasteiger partial charge is 0.508 e. The van der Waals surface area contributed by atoms with E-state index in [4.69, 9.17) is 5.73 Å². The molecule has 0 bridgehead atoms. The molecule has 3 aliphatic heterocycles. The highest BCUT2D eigenvalue weighted by atomic mass is 32.2. The summed E-state index contributed by atoms with van der Waals surface area (Å²) >= 11 is 0.795. The Labute approximate surface area is 771 Å². The molecule has 15 amide bonds. The SMILES string of the molecule is CCCC[C@H]1C(=O)N2CCC[C@@H]2C(=O)N[C@@H](CC(=O)O)C(=O)N[C@@H](C(C)C)C(=O)N(C)[C@@H](C(C)CC)C(=O)N[C@@H](Cc2ccc(O)cc2)C(=O)N2CCCC[C@@H]2C(=O)N[C@@H](Cc2c[nH]c3ccccc23)C(=O)N[C@@H](Cc2ccc(O)cc2)C(=O)N[C@@H](CC(C)C)C(=O)N[C@H](C(=O)NCC(N)=O)CSCC(=O)N[C@@H](Cc2ccc(F)cc2)C(=O)N(C)[C@@H](Cc2ccccc2)C(=O)N1C. The van der Waals surface area contributed by atoms with E-state index in [2.05, 4.69) is 52.8 Å². The smallest absolute Gasteiger partial charge is 0.305 e. The molecule has 712 valence electrons. The lowest BCUT2D eigenvalue weighted by Crippen LogP contribution is -2.63. The maximum atomic E-state index is 15.8. The van der Waals surface area contributed by atoms with E-state index in [1.807, 2.05) is 6.92 Å². The van der Waals surface area contributed by atoms with Crippen LogP contribution in [0.25, 0.3) is 10.9 Å². The van der Waals surface area contributed by atoms with Gasteiger partial charge < -0.3 is 98.4 Å². The first kappa shape index (κ1) is 103. The Hall–Kier alpha value is -13.0. The first-order valence-corrected chi connectivity index (χ1v) is 46.1. The number of aromatic nitrogens is 1. The number of para-hydroxylation sites is 1. The average Bonchev–Trinajstić information content (AvgIpc) is 1.40. The van der Waals surface area contributed by atoms with Crippen molar-refractivity contribution in [2.75, 3.05) is 52.3 Å². The van der Waals surface area contributed by atoms with Crippen LogP contribution in [0.2, 0.25) is 0 Å². The summed E-state index contributed by atoms with van der Waals surface area (Å²) in [6, 6.07) is 12.7. The van der Waals surface area contributed by atoms with Crippen molar-refractivity contribution in [3.8, 4) is 11.5 Å². The quantitative estimate of drug-likeness (QED) is 0.0434. The summed E-state index contributed by atoms with van der Waals surface area (Å²) in [6.07, 6.45) is 1.50. The zero-order chi connectivity index (χ0) is 96.3. The van der Waals surface area contributed by atoms with Gasteiger partial charge in [0, 0.05) is 89.2 Å². The van der Waals surface area contributed by atoms with Crippen molar-refractivity contribution >= 4 is 117 Å². The number of nitrogens with two attached hydrogens (primary N) is 1. The van der Waals surface area contributed by atoms with Crippen molar-refractivity contribution in [1.29, 1.82) is 0 Å². The molecule has 0 saturated carbocycles. The van der Waals surface area contributed by atoms with Gasteiger partial charge in [-0.2, -0.15) is 0 Å². The van der Waals surface area contributed by atoms with Gasteiger partial charge in [-0.15, -0.1) is 11.8 Å². The number of phenols is 2. The van der Waals surface area contributed by atoms with Crippen molar-refractivity contribution in [3.63, 3.8) is 0 Å². The van der Waals surface area contributed by atoms with E-state index in [1.54, 1.807) is 102 Å². The number of H-pyrrole nitrogens is 1. The Kier molecular flexibility index (Phi) is 38.0. The lowest BCUT2D eigenvalue weighted by Gasteiger charge is -2.39. The van der Waals surface area contributed by atoms with Crippen molar-refractivity contribution in [1.82, 2.24) is 77.3 Å². The molecule has 1 unspecified atom stereocenters. The standard InChI is InChI=1S/C95H125FN16O19S/c1-11-13-26-76-94(130)112-42-21-28-75(112)89(125)104-70(49-80(117)118)87(123)107-81(55(5)6)95(131)110(10)82(56(7)12-2)90(126)105-72(46-60-33-39-64(114)40-34-60)92(128)111-41-20-19-27-74(111)88(124)103-69(48-61-50-98-66-25-18-17-24-65(61)66)86(122)102-68(44-59-31-37-63(113)38-32-59)85(121)101-67(43-54(3)4)84(120)106-73(83(119)99-51-78(97)115)52-132-53-79(116)100-71(45-58-29-35-62(96)36-30-58)91(127)109(9)77(93(129)108(76)8)47-57-22-15-14-16-23-57/h14-18,22-25,29-40,50,54-56,67-77,81-82,98,113-114H,11-13,19-21,26-28,41-49,51-53H2,1-10H3,(H2,97,115)(H,99,119)(H,100,116)(H,101,121)(H,102,122)(H,103,124)(H,104,125)(H,105,126)(H,106,120)(H,107,123)(H,117,118)/t56?,67-,68-,69-,70-,71-,72-,73-,74+,75+,76-,77-,81-,82-/m0/s1. The van der Waals surface area contributed by atoms with Crippen molar-refractivity contribution in [2.24, 2.45) is 23.5 Å². The Bertz CT molecular complexity index is 5060. The number of thioether (sulfide) groups is 1. The number of nitrogens with zero attached hydrogens (tertiary/aromatic N) is 5. The molecule has 15 N–H and O–H groups in total. The van der Waals surface area contributed by atoms with Crippen LogP contribution >= 0.6 is 11.8 Å². The number of benzene rings is 5. The van der Waals surface area contributed by atoms with Gasteiger partial charge in [0.2, 0.25) is 88.6 Å². The fourth-order valence-electron chi connectivity index (χ4n) is 16.8. The monoisotopic (exact) mass is 1840 g/mol. The molecule has 0 spiro atoms. The van der Waals surface area contributed by atoms with Crippen LogP contribution in [0.15, 0.2) is 134 Å². The molecule has 14 atom stereocenters. The Morgan fingerprint density at radius 3 is 1.61 bits per heavy atom. The summed E-state index contributed by atoms with van der Waals surface area (Å²) in [5.74, 6) is -18.4. The van der Waals surface area contributed by atoms with E-state index >= 15 is 47.9 Å². The molecule has 132 heavy (non-hydrogen) atoms. The molecule has 0 radical (unpaired) electrons. The minimum Gasteiger partial charge on any atom is -0.508 e. The second-order valence-corrected chi connectivity index (χ2v) is 36.1. The van der Waals surface area contributed by atoms with E-state index in [-0.39, 0.29) is 101 Å². The number of carbonyl (C=O) groups excluding carboxylic acids is 15. The number of aromatic amines is 1. The highest BCUT2D eigenvalue weighted by molar-refractivity contribution is 8.00. The van der Waals surface area contributed by atoms with Crippen LogP contribution in [-0.2, 0) is 109 Å². The third-order valence-electron chi connectivity index (χ3n) is 24.3. The normalized spacial score (nSPS) is 24.0. The topological polar surface area (TPSA) is 500 Å². The summed E-state index contributed by atoms with van der Waals surface area (Å²) in [5, 5.41) is 56.3. The summed E-state index contributed by atoms with van der Waals surface area (Å²) in [7, 11) is 4.04. The molecule has 3 fully saturated rings. The number of aromatic hydroxyl groups is 2. The average molecular weight is 1850 g/mol. The first-order chi connectivity index (χ1) is 62.8. The van der Waals surface area contributed by atoms with Gasteiger partial charge in [0.25, 0.3) is 0 Å². The molecule has 37 heteroatoms. The third-order valence-corrected chi connectivity index (χ3v) is 25.4. The molecule has 3 aliphatic rings. The Morgan fingerprint density at radius 2 is 1.02 bits per heavy atom. The second kappa shape index (κ2) is 48.8. The molecular weight excluding hydrogens is 1720 g/mol. The zero-order valence-electron chi connectivity index (χ0n) is 76.3. The fraction of sp³-hybridized carbons (Fsp3) is 0.495. The van der Waals surface area contributed by atoms with Gasteiger partial charge in [-0.1, -0.05) is 153 Å². The highest BCUT2D eigenvalue weighted by Gasteiger charge is 2.47. The second-order valence-electron chi connectivity index (χ2n) is 35.1. The van der Waals surface area contributed by atoms with Crippen LogP contribution < -0.4 is 53.6 Å². The van der Waals surface area contributed by atoms with Crippen LogP contribution in [0.3, 0.4) is 0 Å². The molecule has 9 rings (SSSR count). The fourth-order valence-corrected chi connectivity index (χ4v) is 17.7. The number of carbonyl (C=O) groups is 16. The number of nitrogens with one attached hydrogen (secondary N) is 10. The maximum Gasteiger partial charge on any atom is 0.305 e. The number of halogens is 1. The third kappa shape index (κ3) is 28.5. The van der Waals surface area contributed by atoms with Crippen LogP contribution in [0, 0.1) is 23.6 Å². The van der Waals surface area contributed by atoms with Gasteiger partial charge in [0.05, 0.1) is 18.7 Å². The van der Waals surface area contributed by atoms with E-state index in [0.717, 1.165) is 33.7 Å². The van der Waals surface area contributed by atoms with Crippen LogP contribution in [0.4, 0.5) is 4.39 Å². The van der Waals surface area contributed by atoms with Crippen molar-refractivity contribution < 1.29 is 96.4 Å². The van der Waals surface area contributed by atoms with Crippen LogP contribution in [-0.4, -0.2) is 270 Å². The van der Waals surface area contributed by atoms with Crippen LogP contribution in [0.1, 0.15) is 147 Å².